The van der Waals surface area contributed by atoms with Crippen LogP contribution >= 0.6 is 27.5 Å². The fourth-order valence-corrected chi connectivity index (χ4v) is 3.36. The molecule has 2 rings (SSSR count). The summed E-state index contributed by atoms with van der Waals surface area (Å²) in [7, 11) is 0. The molecule has 1 heterocycles. The van der Waals surface area contributed by atoms with Crippen LogP contribution in [-0.4, -0.2) is 24.5 Å². The summed E-state index contributed by atoms with van der Waals surface area (Å²) >= 11 is 9.71. The number of benzene rings is 1. The topological polar surface area (TPSA) is 29.3 Å². The second-order valence-corrected chi connectivity index (χ2v) is 6.62. The van der Waals surface area contributed by atoms with Crippen molar-refractivity contribution in [3.63, 3.8) is 0 Å². The van der Waals surface area contributed by atoms with E-state index in [1.807, 2.05) is 18.2 Å². The first-order chi connectivity index (χ1) is 8.52. The molecule has 2 nitrogen and oxygen atoms in total. The van der Waals surface area contributed by atoms with E-state index in [4.69, 9.17) is 17.3 Å². The minimum Gasteiger partial charge on any atom is -0.329 e. The molecule has 0 radical (unpaired) electrons. The Balaban J connectivity index is 2.26. The lowest BCUT2D eigenvalue weighted by atomic mass is 10.0. The summed E-state index contributed by atoms with van der Waals surface area (Å²) in [6.45, 7) is 7.47. The Morgan fingerprint density at radius 2 is 2.00 bits per heavy atom. The second-order valence-electron chi connectivity index (χ2n) is 5.33. The van der Waals surface area contributed by atoms with Crippen molar-refractivity contribution in [3.05, 3.63) is 33.3 Å². The quantitative estimate of drug-likeness (QED) is 0.915. The van der Waals surface area contributed by atoms with E-state index in [0.29, 0.717) is 6.54 Å². The minimum atomic E-state index is 0.255. The van der Waals surface area contributed by atoms with Crippen LogP contribution in [0.2, 0.25) is 5.02 Å². The van der Waals surface area contributed by atoms with Gasteiger partial charge in [-0.25, -0.2) is 0 Å². The van der Waals surface area contributed by atoms with Gasteiger partial charge in [0.25, 0.3) is 0 Å². The molecule has 0 amide bonds. The molecule has 0 bridgehead atoms. The van der Waals surface area contributed by atoms with Crippen LogP contribution in [0.5, 0.6) is 0 Å². The normalized spacial score (nSPS) is 26.5. The number of halogens is 2. The molecule has 3 atom stereocenters. The smallest absolute Gasteiger partial charge is 0.0482 e. The van der Waals surface area contributed by atoms with Gasteiger partial charge in [-0.05, 0) is 35.6 Å². The molecule has 0 spiro atoms. The third-order valence-corrected chi connectivity index (χ3v) is 4.95. The summed E-state index contributed by atoms with van der Waals surface area (Å²) in [6.07, 6.45) is 0. The molecule has 100 valence electrons. The van der Waals surface area contributed by atoms with Crippen LogP contribution in [0.4, 0.5) is 0 Å². The van der Waals surface area contributed by atoms with Crippen molar-refractivity contribution in [2.24, 2.45) is 17.6 Å². The van der Waals surface area contributed by atoms with Gasteiger partial charge in [0, 0.05) is 35.2 Å². The van der Waals surface area contributed by atoms with Gasteiger partial charge < -0.3 is 5.73 Å². The van der Waals surface area contributed by atoms with Gasteiger partial charge in [0.1, 0.15) is 0 Å². The van der Waals surface area contributed by atoms with Gasteiger partial charge in [0.2, 0.25) is 0 Å². The molecular formula is C14H20BrClN2. The van der Waals surface area contributed by atoms with Crippen LogP contribution in [0.15, 0.2) is 22.7 Å². The molecule has 1 aromatic rings. The Kier molecular flexibility index (Phi) is 4.70. The Hall–Kier alpha value is -0.0900. The van der Waals surface area contributed by atoms with Gasteiger partial charge in [-0.3, -0.25) is 4.90 Å². The van der Waals surface area contributed by atoms with Crippen molar-refractivity contribution in [1.82, 2.24) is 4.90 Å². The average molecular weight is 332 g/mol. The Morgan fingerprint density at radius 1 is 1.39 bits per heavy atom. The van der Waals surface area contributed by atoms with Gasteiger partial charge in [-0.1, -0.05) is 41.4 Å². The summed E-state index contributed by atoms with van der Waals surface area (Å²) in [5.41, 5.74) is 7.19. The van der Waals surface area contributed by atoms with Crippen molar-refractivity contribution in [1.29, 1.82) is 0 Å². The SMILES string of the molecule is CC1CN(C(CN)c2cc(Cl)ccc2Br)CC1C. The third-order valence-electron chi connectivity index (χ3n) is 4.00. The van der Waals surface area contributed by atoms with Crippen LogP contribution in [0, 0.1) is 11.8 Å². The highest BCUT2D eigenvalue weighted by Crippen LogP contribution is 2.34. The van der Waals surface area contributed by atoms with Gasteiger partial charge in [0.15, 0.2) is 0 Å². The first-order valence-corrected chi connectivity index (χ1v) is 7.59. The van der Waals surface area contributed by atoms with E-state index >= 15 is 0 Å². The summed E-state index contributed by atoms with van der Waals surface area (Å²) in [6, 6.07) is 6.18. The Labute approximate surface area is 123 Å². The highest BCUT2D eigenvalue weighted by molar-refractivity contribution is 9.10. The highest BCUT2D eigenvalue weighted by atomic mass is 79.9. The van der Waals surface area contributed by atoms with Gasteiger partial charge in [-0.2, -0.15) is 0 Å². The van der Waals surface area contributed by atoms with E-state index < -0.39 is 0 Å². The van der Waals surface area contributed by atoms with E-state index in [-0.39, 0.29) is 6.04 Å². The van der Waals surface area contributed by atoms with E-state index in [1.54, 1.807) is 0 Å². The Morgan fingerprint density at radius 3 is 2.56 bits per heavy atom. The van der Waals surface area contributed by atoms with Crippen molar-refractivity contribution in [2.45, 2.75) is 19.9 Å². The van der Waals surface area contributed by atoms with Crippen LogP contribution < -0.4 is 5.73 Å². The fourth-order valence-electron chi connectivity index (χ4n) is 2.67. The first kappa shape index (κ1) is 14.3. The van der Waals surface area contributed by atoms with E-state index in [0.717, 1.165) is 34.4 Å². The maximum absolute atomic E-state index is 6.10. The number of nitrogens with zero attached hydrogens (tertiary/aromatic N) is 1. The monoisotopic (exact) mass is 330 g/mol. The molecule has 0 aliphatic carbocycles. The third kappa shape index (κ3) is 2.90. The minimum absolute atomic E-state index is 0.255. The van der Waals surface area contributed by atoms with Gasteiger partial charge in [0.05, 0.1) is 0 Å². The summed E-state index contributed by atoms with van der Waals surface area (Å²) < 4.78 is 1.09. The number of hydrogen-bond donors (Lipinski definition) is 1. The predicted octanol–water partition coefficient (Wildman–Crippen LogP) is 3.69. The van der Waals surface area contributed by atoms with Crippen LogP contribution in [0.1, 0.15) is 25.5 Å². The molecule has 1 fully saturated rings. The lowest BCUT2D eigenvalue weighted by Gasteiger charge is -2.28. The highest BCUT2D eigenvalue weighted by Gasteiger charge is 2.31. The molecule has 1 aromatic carbocycles. The van der Waals surface area contributed by atoms with Crippen LogP contribution in [0.25, 0.3) is 0 Å². The molecule has 3 unspecified atom stereocenters. The standard InChI is InChI=1S/C14H20BrClN2/c1-9-7-18(8-10(9)2)14(6-17)12-5-11(16)3-4-13(12)15/h3-5,9-10,14H,6-8,17H2,1-2H3. The zero-order valence-electron chi connectivity index (χ0n) is 10.9. The first-order valence-electron chi connectivity index (χ1n) is 6.42. The molecule has 0 aromatic heterocycles. The molecular weight excluding hydrogens is 312 g/mol. The summed E-state index contributed by atoms with van der Waals surface area (Å²) in [5, 5.41) is 0.770. The van der Waals surface area contributed by atoms with E-state index in [9.17, 15) is 0 Å². The van der Waals surface area contributed by atoms with Gasteiger partial charge >= 0.3 is 0 Å². The van der Waals surface area contributed by atoms with Crippen LogP contribution in [0.3, 0.4) is 0 Å². The number of likely N-dealkylation sites (tertiary alicyclic amines) is 1. The average Bonchev–Trinajstić information content (AvgIpc) is 2.65. The maximum Gasteiger partial charge on any atom is 0.0482 e. The van der Waals surface area contributed by atoms with E-state index in [2.05, 4.69) is 34.7 Å². The fraction of sp³-hybridized carbons (Fsp3) is 0.571. The van der Waals surface area contributed by atoms with Crippen LogP contribution in [-0.2, 0) is 0 Å². The summed E-state index contributed by atoms with van der Waals surface area (Å²) in [4.78, 5) is 2.48. The van der Waals surface area contributed by atoms with Crippen molar-refractivity contribution >= 4 is 27.5 Å². The second kappa shape index (κ2) is 5.91. The Bertz CT molecular complexity index is 414. The largest absolute Gasteiger partial charge is 0.329 e. The van der Waals surface area contributed by atoms with Gasteiger partial charge in [-0.15, -0.1) is 0 Å². The molecule has 0 saturated carbocycles. The lowest BCUT2D eigenvalue weighted by molar-refractivity contribution is 0.239. The predicted molar refractivity (Wildman–Crippen MR) is 80.8 cm³/mol. The molecule has 18 heavy (non-hydrogen) atoms. The zero-order chi connectivity index (χ0) is 13.3. The number of rotatable bonds is 3. The lowest BCUT2D eigenvalue weighted by Crippen LogP contribution is -2.32. The van der Waals surface area contributed by atoms with Crippen molar-refractivity contribution in [2.75, 3.05) is 19.6 Å². The number of nitrogens with two attached hydrogens (primary N) is 1. The molecule has 1 aliphatic rings. The molecule has 4 heteroatoms. The maximum atomic E-state index is 6.10. The molecule has 2 N–H and O–H groups in total. The molecule has 1 saturated heterocycles. The summed E-state index contributed by atoms with van der Waals surface area (Å²) in [5.74, 6) is 1.47. The van der Waals surface area contributed by atoms with Crippen molar-refractivity contribution < 1.29 is 0 Å². The zero-order valence-corrected chi connectivity index (χ0v) is 13.2. The van der Waals surface area contributed by atoms with Crippen molar-refractivity contribution in [3.8, 4) is 0 Å². The number of hydrogen-bond acceptors (Lipinski definition) is 2. The molecule has 1 aliphatic heterocycles. The van der Waals surface area contributed by atoms with E-state index in [1.165, 1.54) is 5.56 Å².